The van der Waals surface area contributed by atoms with Crippen LogP contribution in [-0.4, -0.2) is 32.3 Å². The van der Waals surface area contributed by atoms with Crippen LogP contribution >= 0.6 is 15.9 Å². The Bertz CT molecular complexity index is 775. The van der Waals surface area contributed by atoms with Gasteiger partial charge in [-0.3, -0.25) is 4.79 Å². The zero-order valence-electron chi connectivity index (χ0n) is 15.3. The van der Waals surface area contributed by atoms with Gasteiger partial charge in [0.05, 0.1) is 5.41 Å². The summed E-state index contributed by atoms with van der Waals surface area (Å²) in [5.74, 6) is 0.120. The highest BCUT2D eigenvalue weighted by Crippen LogP contribution is 2.35. The van der Waals surface area contributed by atoms with Gasteiger partial charge in [0.1, 0.15) is 5.75 Å². The molecule has 7 heteroatoms. The Morgan fingerprint density at radius 3 is 2.36 bits per heavy atom. The molecule has 1 amide bonds. The first-order valence-corrected chi connectivity index (χ1v) is 9.95. The van der Waals surface area contributed by atoms with Crippen LogP contribution in [0.3, 0.4) is 0 Å². The van der Waals surface area contributed by atoms with Gasteiger partial charge < -0.3 is 14.8 Å². The number of halogens is 3. The lowest BCUT2D eigenvalue weighted by Crippen LogP contribution is -2.48. The van der Waals surface area contributed by atoms with Crippen molar-refractivity contribution >= 4 is 21.8 Å². The molecule has 2 aromatic rings. The standard InChI is InChI=1S/C21H22BrF2NO3/c22-17-5-3-16(4-6-17)21(10-13-27-14-11-21)19(26)25-12-9-15-1-7-18(8-2-15)28-20(23)24/h1-8,20H,9-14H2,(H,25,26). The van der Waals surface area contributed by atoms with Gasteiger partial charge in [0.2, 0.25) is 5.91 Å². The monoisotopic (exact) mass is 453 g/mol. The summed E-state index contributed by atoms with van der Waals surface area (Å²) in [6, 6.07) is 14.3. The van der Waals surface area contributed by atoms with E-state index in [1.807, 2.05) is 24.3 Å². The SMILES string of the molecule is O=C(NCCc1ccc(OC(F)F)cc1)C1(c2ccc(Br)cc2)CCOCC1. The summed E-state index contributed by atoms with van der Waals surface area (Å²) >= 11 is 3.43. The van der Waals surface area contributed by atoms with Gasteiger partial charge in [-0.2, -0.15) is 8.78 Å². The van der Waals surface area contributed by atoms with E-state index in [9.17, 15) is 13.6 Å². The number of hydrogen-bond acceptors (Lipinski definition) is 3. The Morgan fingerprint density at radius 1 is 1.11 bits per heavy atom. The van der Waals surface area contributed by atoms with Gasteiger partial charge in [0.15, 0.2) is 0 Å². The zero-order chi connectivity index (χ0) is 20.0. The molecule has 0 saturated carbocycles. The van der Waals surface area contributed by atoms with Gasteiger partial charge in [-0.25, -0.2) is 0 Å². The molecule has 0 radical (unpaired) electrons. The highest BCUT2D eigenvalue weighted by molar-refractivity contribution is 9.10. The summed E-state index contributed by atoms with van der Waals surface area (Å²) in [7, 11) is 0. The third-order valence-corrected chi connectivity index (χ3v) is 5.55. The number of hydrogen-bond donors (Lipinski definition) is 1. The number of rotatable bonds is 7. The van der Waals surface area contributed by atoms with E-state index >= 15 is 0 Å². The number of ether oxygens (including phenoxy) is 2. The predicted molar refractivity (Wildman–Crippen MR) is 106 cm³/mol. The first kappa shape index (κ1) is 20.7. The fraction of sp³-hybridized carbons (Fsp3) is 0.381. The second-order valence-electron chi connectivity index (χ2n) is 6.73. The van der Waals surface area contributed by atoms with Crippen molar-refractivity contribution in [1.29, 1.82) is 0 Å². The van der Waals surface area contributed by atoms with E-state index in [-0.39, 0.29) is 11.7 Å². The van der Waals surface area contributed by atoms with Crippen LogP contribution in [-0.2, 0) is 21.4 Å². The summed E-state index contributed by atoms with van der Waals surface area (Å²) in [5.41, 5.74) is 1.34. The van der Waals surface area contributed by atoms with Gasteiger partial charge in [-0.1, -0.05) is 40.2 Å². The molecule has 1 N–H and O–H groups in total. The molecule has 0 bridgehead atoms. The molecule has 0 spiro atoms. The molecule has 28 heavy (non-hydrogen) atoms. The molecule has 2 aromatic carbocycles. The molecule has 0 unspecified atom stereocenters. The van der Waals surface area contributed by atoms with E-state index in [1.165, 1.54) is 12.1 Å². The van der Waals surface area contributed by atoms with Crippen molar-refractivity contribution in [1.82, 2.24) is 5.32 Å². The van der Waals surface area contributed by atoms with Gasteiger partial charge in [0.25, 0.3) is 0 Å². The average Bonchev–Trinajstić information content (AvgIpc) is 2.70. The molecule has 1 saturated heterocycles. The van der Waals surface area contributed by atoms with Crippen LogP contribution < -0.4 is 10.1 Å². The lowest BCUT2D eigenvalue weighted by molar-refractivity contribution is -0.130. The van der Waals surface area contributed by atoms with Crippen molar-refractivity contribution in [3.63, 3.8) is 0 Å². The molecule has 0 aliphatic carbocycles. The number of nitrogens with one attached hydrogen (secondary N) is 1. The van der Waals surface area contributed by atoms with Crippen LogP contribution in [0.25, 0.3) is 0 Å². The van der Waals surface area contributed by atoms with Crippen molar-refractivity contribution < 1.29 is 23.0 Å². The second kappa shape index (κ2) is 9.47. The summed E-state index contributed by atoms with van der Waals surface area (Å²) in [4.78, 5) is 13.1. The number of amides is 1. The van der Waals surface area contributed by atoms with E-state index in [0.717, 1.165) is 15.6 Å². The first-order chi connectivity index (χ1) is 13.5. The number of carbonyl (C=O) groups excluding carboxylic acids is 1. The number of benzene rings is 2. The summed E-state index contributed by atoms with van der Waals surface area (Å²) < 4.78 is 35.2. The van der Waals surface area contributed by atoms with Crippen LogP contribution in [0, 0.1) is 0 Å². The molecular formula is C21H22BrF2NO3. The van der Waals surface area contributed by atoms with Gasteiger partial charge in [0, 0.05) is 24.2 Å². The van der Waals surface area contributed by atoms with E-state index < -0.39 is 12.0 Å². The maximum atomic E-state index is 13.1. The Kier molecular flexibility index (Phi) is 7.02. The fourth-order valence-electron chi connectivity index (χ4n) is 3.46. The minimum atomic E-state index is -2.83. The molecule has 3 rings (SSSR count). The Balaban J connectivity index is 1.62. The molecule has 1 fully saturated rings. The lowest BCUT2D eigenvalue weighted by atomic mass is 9.73. The molecular weight excluding hydrogens is 432 g/mol. The Morgan fingerprint density at radius 2 is 1.75 bits per heavy atom. The minimum Gasteiger partial charge on any atom is -0.435 e. The zero-order valence-corrected chi connectivity index (χ0v) is 16.9. The maximum absolute atomic E-state index is 13.1. The lowest BCUT2D eigenvalue weighted by Gasteiger charge is -2.36. The smallest absolute Gasteiger partial charge is 0.387 e. The van der Waals surface area contributed by atoms with Crippen molar-refractivity contribution in [2.45, 2.75) is 31.3 Å². The van der Waals surface area contributed by atoms with Crippen molar-refractivity contribution in [2.75, 3.05) is 19.8 Å². The van der Waals surface area contributed by atoms with Crippen molar-refractivity contribution in [2.24, 2.45) is 0 Å². The van der Waals surface area contributed by atoms with Crippen LogP contribution in [0.5, 0.6) is 5.75 Å². The quantitative estimate of drug-likeness (QED) is 0.673. The van der Waals surface area contributed by atoms with E-state index in [0.29, 0.717) is 39.0 Å². The molecule has 150 valence electrons. The number of carbonyl (C=O) groups is 1. The second-order valence-corrected chi connectivity index (χ2v) is 7.65. The summed E-state index contributed by atoms with van der Waals surface area (Å²) in [6.45, 7) is -1.27. The van der Waals surface area contributed by atoms with Crippen molar-refractivity contribution in [3.8, 4) is 5.75 Å². The topological polar surface area (TPSA) is 47.6 Å². The molecule has 0 atom stereocenters. The third-order valence-electron chi connectivity index (χ3n) is 5.03. The normalized spacial score (nSPS) is 16.0. The third kappa shape index (κ3) is 5.08. The highest BCUT2D eigenvalue weighted by atomic mass is 79.9. The van der Waals surface area contributed by atoms with Gasteiger partial charge >= 0.3 is 6.61 Å². The van der Waals surface area contributed by atoms with E-state index in [4.69, 9.17) is 4.74 Å². The van der Waals surface area contributed by atoms with Crippen molar-refractivity contribution in [3.05, 3.63) is 64.1 Å². The molecule has 0 aromatic heterocycles. The van der Waals surface area contributed by atoms with E-state index in [1.54, 1.807) is 12.1 Å². The molecule has 4 nitrogen and oxygen atoms in total. The van der Waals surface area contributed by atoms with Gasteiger partial charge in [-0.05, 0) is 54.7 Å². The van der Waals surface area contributed by atoms with Crippen LogP contribution in [0.15, 0.2) is 53.0 Å². The fourth-order valence-corrected chi connectivity index (χ4v) is 3.73. The van der Waals surface area contributed by atoms with Crippen LogP contribution in [0.1, 0.15) is 24.0 Å². The van der Waals surface area contributed by atoms with E-state index in [2.05, 4.69) is 26.0 Å². The predicted octanol–water partition coefficient (Wildman–Crippen LogP) is 4.46. The molecule has 1 heterocycles. The summed E-state index contributed by atoms with van der Waals surface area (Å²) in [6.07, 6.45) is 1.88. The first-order valence-electron chi connectivity index (χ1n) is 9.15. The highest BCUT2D eigenvalue weighted by Gasteiger charge is 2.41. The van der Waals surface area contributed by atoms with Gasteiger partial charge in [-0.15, -0.1) is 0 Å². The van der Waals surface area contributed by atoms with Crippen LogP contribution in [0.4, 0.5) is 8.78 Å². The number of alkyl halides is 2. The average molecular weight is 454 g/mol. The maximum Gasteiger partial charge on any atom is 0.387 e. The molecule has 1 aliphatic rings. The Labute approximate surface area is 171 Å². The minimum absolute atomic E-state index is 0.00391. The largest absolute Gasteiger partial charge is 0.435 e. The Hall–Kier alpha value is -1.99. The van der Waals surface area contributed by atoms with Crippen LogP contribution in [0.2, 0.25) is 0 Å². The molecule has 1 aliphatic heterocycles. The summed E-state index contributed by atoms with van der Waals surface area (Å²) in [5, 5.41) is 3.04.